The second kappa shape index (κ2) is 8.73. The largest absolute Gasteiger partial charge is 0.495 e. The summed E-state index contributed by atoms with van der Waals surface area (Å²) in [5.41, 5.74) is 2.39. The number of sulfonamides is 1. The Labute approximate surface area is 176 Å². The Hall–Kier alpha value is -2.09. The van der Waals surface area contributed by atoms with Crippen LogP contribution in [0.3, 0.4) is 0 Å². The lowest BCUT2D eigenvalue weighted by Gasteiger charge is -2.31. The number of anilines is 1. The number of ether oxygens (including phenoxy) is 1. The molecule has 1 aliphatic heterocycles. The van der Waals surface area contributed by atoms with Gasteiger partial charge < -0.3 is 10.1 Å². The minimum absolute atomic E-state index is 0.133. The Morgan fingerprint density at radius 1 is 1.21 bits per heavy atom. The van der Waals surface area contributed by atoms with E-state index in [1.807, 2.05) is 26.0 Å². The van der Waals surface area contributed by atoms with E-state index in [-0.39, 0.29) is 17.3 Å². The zero-order chi connectivity index (χ0) is 21.2. The smallest absolute Gasteiger partial charge is 0.243 e. The summed E-state index contributed by atoms with van der Waals surface area (Å²) >= 11 is 6.11. The molecule has 1 amide bonds. The van der Waals surface area contributed by atoms with E-state index in [1.54, 1.807) is 25.3 Å². The molecular weight excluding hydrogens is 412 g/mol. The maximum atomic E-state index is 13.0. The lowest BCUT2D eigenvalue weighted by atomic mass is 9.98. The van der Waals surface area contributed by atoms with Crippen LogP contribution in [0, 0.1) is 19.8 Å². The van der Waals surface area contributed by atoms with Gasteiger partial charge in [0.05, 0.1) is 23.6 Å². The quantitative estimate of drug-likeness (QED) is 0.768. The van der Waals surface area contributed by atoms with Gasteiger partial charge in [-0.25, -0.2) is 8.42 Å². The minimum Gasteiger partial charge on any atom is -0.495 e. The average molecular weight is 437 g/mol. The van der Waals surface area contributed by atoms with E-state index in [0.717, 1.165) is 11.1 Å². The molecule has 29 heavy (non-hydrogen) atoms. The maximum absolute atomic E-state index is 13.0. The van der Waals surface area contributed by atoms with Crippen molar-refractivity contribution in [1.29, 1.82) is 0 Å². The summed E-state index contributed by atoms with van der Waals surface area (Å²) in [4.78, 5) is 13.0. The number of hydrogen-bond donors (Lipinski definition) is 1. The van der Waals surface area contributed by atoms with E-state index < -0.39 is 15.9 Å². The van der Waals surface area contributed by atoms with Gasteiger partial charge in [-0.1, -0.05) is 23.7 Å². The van der Waals surface area contributed by atoms with Gasteiger partial charge in [0.25, 0.3) is 0 Å². The number of halogens is 1. The fourth-order valence-electron chi connectivity index (χ4n) is 3.41. The van der Waals surface area contributed by atoms with Crippen molar-refractivity contribution < 1.29 is 17.9 Å². The van der Waals surface area contributed by atoms with Gasteiger partial charge in [0.15, 0.2) is 0 Å². The second-order valence-corrected chi connectivity index (χ2v) is 9.65. The van der Waals surface area contributed by atoms with Gasteiger partial charge in [-0.15, -0.1) is 0 Å². The van der Waals surface area contributed by atoms with Crippen molar-refractivity contribution in [2.75, 3.05) is 25.5 Å². The Morgan fingerprint density at radius 3 is 2.66 bits per heavy atom. The molecule has 1 aliphatic rings. The summed E-state index contributed by atoms with van der Waals surface area (Å²) in [6.45, 7) is 4.26. The summed E-state index contributed by atoms with van der Waals surface area (Å²) in [7, 11) is -2.17. The molecule has 0 bridgehead atoms. The Balaban J connectivity index is 1.77. The number of nitrogens with one attached hydrogen (secondary N) is 1. The zero-order valence-corrected chi connectivity index (χ0v) is 18.3. The molecule has 6 nitrogen and oxygen atoms in total. The van der Waals surface area contributed by atoms with E-state index in [2.05, 4.69) is 5.32 Å². The van der Waals surface area contributed by atoms with Gasteiger partial charge in [0.2, 0.25) is 15.9 Å². The number of rotatable bonds is 5. The molecule has 1 heterocycles. The molecule has 1 fully saturated rings. The van der Waals surface area contributed by atoms with Crippen LogP contribution in [0.15, 0.2) is 41.3 Å². The number of carbonyl (C=O) groups is 1. The SMILES string of the molecule is COc1ccc(C)cc1NC(=O)C1CCCN(S(=O)(=O)c2ccc(C)c(Cl)c2)C1. The summed E-state index contributed by atoms with van der Waals surface area (Å²) in [5.74, 6) is -0.0843. The number of benzene rings is 2. The number of methoxy groups -OCH3 is 1. The van der Waals surface area contributed by atoms with E-state index in [0.29, 0.717) is 35.8 Å². The Morgan fingerprint density at radius 2 is 1.97 bits per heavy atom. The average Bonchev–Trinajstić information content (AvgIpc) is 2.70. The van der Waals surface area contributed by atoms with E-state index in [1.165, 1.54) is 10.4 Å². The van der Waals surface area contributed by atoms with Crippen molar-refractivity contribution in [2.45, 2.75) is 31.6 Å². The van der Waals surface area contributed by atoms with Crippen LogP contribution in [0.25, 0.3) is 0 Å². The summed E-state index contributed by atoms with van der Waals surface area (Å²) < 4.78 is 32.8. The minimum atomic E-state index is -3.72. The summed E-state index contributed by atoms with van der Waals surface area (Å²) in [5, 5.41) is 3.30. The van der Waals surface area contributed by atoms with Crippen LogP contribution in [0.4, 0.5) is 5.69 Å². The third kappa shape index (κ3) is 4.74. The molecule has 0 spiro atoms. The van der Waals surface area contributed by atoms with Crippen LogP contribution >= 0.6 is 11.6 Å². The highest BCUT2D eigenvalue weighted by atomic mass is 35.5. The molecule has 0 aliphatic carbocycles. The predicted molar refractivity (Wildman–Crippen MR) is 114 cm³/mol. The fraction of sp³-hybridized carbons (Fsp3) is 0.381. The summed E-state index contributed by atoms with van der Waals surface area (Å²) in [6, 6.07) is 10.2. The van der Waals surface area contributed by atoms with Crippen molar-refractivity contribution in [2.24, 2.45) is 5.92 Å². The van der Waals surface area contributed by atoms with Crippen molar-refractivity contribution in [3.8, 4) is 5.75 Å². The standard InChI is InChI=1S/C21H25ClN2O4S/c1-14-6-9-20(28-3)19(11-14)23-21(25)16-5-4-10-24(13-16)29(26,27)17-8-7-15(2)18(22)12-17/h6-9,11-12,16H,4-5,10,13H2,1-3H3,(H,23,25). The van der Waals surface area contributed by atoms with Crippen molar-refractivity contribution in [1.82, 2.24) is 4.31 Å². The van der Waals surface area contributed by atoms with Crippen LogP contribution in [-0.4, -0.2) is 38.8 Å². The first-order valence-electron chi connectivity index (χ1n) is 9.44. The molecule has 0 aromatic heterocycles. The third-order valence-corrected chi connectivity index (χ3v) is 7.42. The number of amides is 1. The number of aryl methyl sites for hydroxylation is 2. The highest BCUT2D eigenvalue weighted by Gasteiger charge is 2.33. The van der Waals surface area contributed by atoms with E-state index in [4.69, 9.17) is 16.3 Å². The van der Waals surface area contributed by atoms with Gasteiger partial charge in [-0.05, 0) is 62.1 Å². The first-order valence-corrected chi connectivity index (χ1v) is 11.3. The number of piperidine rings is 1. The molecule has 0 radical (unpaired) electrons. The van der Waals surface area contributed by atoms with Gasteiger partial charge in [-0.2, -0.15) is 4.31 Å². The van der Waals surface area contributed by atoms with E-state index >= 15 is 0 Å². The van der Waals surface area contributed by atoms with Crippen LogP contribution in [0.5, 0.6) is 5.75 Å². The first-order chi connectivity index (χ1) is 13.7. The van der Waals surface area contributed by atoms with Crippen LogP contribution in [0.2, 0.25) is 5.02 Å². The molecule has 1 saturated heterocycles. The summed E-state index contributed by atoms with van der Waals surface area (Å²) in [6.07, 6.45) is 1.24. The van der Waals surface area contributed by atoms with Crippen molar-refractivity contribution in [3.05, 3.63) is 52.5 Å². The number of carbonyl (C=O) groups excluding carboxylic acids is 1. The fourth-order valence-corrected chi connectivity index (χ4v) is 5.21. The molecule has 0 saturated carbocycles. The molecule has 8 heteroatoms. The second-order valence-electron chi connectivity index (χ2n) is 7.31. The van der Waals surface area contributed by atoms with Crippen molar-refractivity contribution >= 4 is 33.2 Å². The highest BCUT2D eigenvalue weighted by molar-refractivity contribution is 7.89. The molecule has 1 N–H and O–H groups in total. The topological polar surface area (TPSA) is 75.7 Å². The lowest BCUT2D eigenvalue weighted by Crippen LogP contribution is -2.43. The predicted octanol–water partition coefficient (Wildman–Crippen LogP) is 4.00. The van der Waals surface area contributed by atoms with Gasteiger partial charge in [-0.3, -0.25) is 4.79 Å². The third-order valence-electron chi connectivity index (χ3n) is 5.15. The monoisotopic (exact) mass is 436 g/mol. The maximum Gasteiger partial charge on any atom is 0.243 e. The molecule has 3 rings (SSSR count). The van der Waals surface area contributed by atoms with E-state index in [9.17, 15) is 13.2 Å². The molecule has 156 valence electrons. The van der Waals surface area contributed by atoms with Gasteiger partial charge in [0, 0.05) is 18.1 Å². The normalized spacial score (nSPS) is 17.7. The first kappa shape index (κ1) is 21.6. The van der Waals surface area contributed by atoms with Crippen LogP contribution in [-0.2, 0) is 14.8 Å². The molecule has 1 atom stereocenters. The van der Waals surface area contributed by atoms with Gasteiger partial charge in [0.1, 0.15) is 5.75 Å². The Kier molecular flexibility index (Phi) is 6.51. The molecule has 1 unspecified atom stereocenters. The number of nitrogens with zero attached hydrogens (tertiary/aromatic N) is 1. The van der Waals surface area contributed by atoms with Gasteiger partial charge >= 0.3 is 0 Å². The molecule has 2 aromatic rings. The highest BCUT2D eigenvalue weighted by Crippen LogP contribution is 2.29. The van der Waals surface area contributed by atoms with Crippen LogP contribution < -0.4 is 10.1 Å². The van der Waals surface area contributed by atoms with Crippen LogP contribution in [0.1, 0.15) is 24.0 Å². The lowest BCUT2D eigenvalue weighted by molar-refractivity contribution is -0.120. The zero-order valence-electron chi connectivity index (χ0n) is 16.7. The number of hydrogen-bond acceptors (Lipinski definition) is 4. The molecular formula is C21H25ClN2O4S. The Bertz CT molecular complexity index is 1020. The molecule has 2 aromatic carbocycles. The van der Waals surface area contributed by atoms with Crippen molar-refractivity contribution in [3.63, 3.8) is 0 Å².